The summed E-state index contributed by atoms with van der Waals surface area (Å²) >= 11 is 0. The van der Waals surface area contributed by atoms with Crippen LogP contribution < -0.4 is 15.9 Å². The predicted octanol–water partition coefficient (Wildman–Crippen LogP) is 7.13. The second kappa shape index (κ2) is 13.7. The van der Waals surface area contributed by atoms with E-state index >= 15 is 0 Å². The van der Waals surface area contributed by atoms with Gasteiger partial charge in [0.15, 0.2) is 0 Å². The zero-order valence-electron chi connectivity index (χ0n) is 23.3. The second-order valence-corrected chi connectivity index (χ2v) is 14.9. The molecule has 3 nitrogen and oxygen atoms in total. The molecule has 40 heavy (non-hydrogen) atoms. The Kier molecular flexibility index (Phi) is 9.58. The van der Waals surface area contributed by atoms with Gasteiger partial charge in [-0.05, 0) is 12.1 Å². The molecule has 206 valence electrons. The van der Waals surface area contributed by atoms with E-state index in [1.165, 1.54) is 59.1 Å². The SMILES string of the molecule is O=C1c2ccccc2C(=O)N1CCCCCCCCCC[PH](c1ccccc1)(c1ccccc1)c1ccccc1. The van der Waals surface area contributed by atoms with Gasteiger partial charge < -0.3 is 0 Å². The molecule has 0 aliphatic carbocycles. The van der Waals surface area contributed by atoms with E-state index in [0.29, 0.717) is 17.7 Å². The van der Waals surface area contributed by atoms with Gasteiger partial charge in [0.2, 0.25) is 0 Å². The summed E-state index contributed by atoms with van der Waals surface area (Å²) in [7, 11) is -2.12. The fourth-order valence-corrected chi connectivity index (χ4v) is 11.2. The van der Waals surface area contributed by atoms with Gasteiger partial charge >= 0.3 is 195 Å². The van der Waals surface area contributed by atoms with E-state index in [9.17, 15) is 9.59 Å². The molecule has 1 aliphatic rings. The summed E-state index contributed by atoms with van der Waals surface area (Å²) in [4.78, 5) is 26.5. The number of amides is 2. The van der Waals surface area contributed by atoms with Gasteiger partial charge in [0.05, 0.1) is 11.1 Å². The van der Waals surface area contributed by atoms with Crippen molar-refractivity contribution < 1.29 is 9.59 Å². The number of carbonyl (C=O) groups is 2. The third-order valence-electron chi connectivity index (χ3n) is 8.36. The number of hydrogen-bond acceptors (Lipinski definition) is 2. The van der Waals surface area contributed by atoms with Gasteiger partial charge in [-0.2, -0.15) is 0 Å². The van der Waals surface area contributed by atoms with E-state index < -0.39 is 7.26 Å². The summed E-state index contributed by atoms with van der Waals surface area (Å²) in [5.41, 5.74) is 1.10. The number of hydrogen-bond donors (Lipinski definition) is 0. The van der Waals surface area contributed by atoms with Crippen molar-refractivity contribution in [3.63, 3.8) is 0 Å². The van der Waals surface area contributed by atoms with Crippen LogP contribution in [0.25, 0.3) is 0 Å². The zero-order chi connectivity index (χ0) is 27.6. The van der Waals surface area contributed by atoms with Crippen LogP contribution in [0, 0.1) is 0 Å². The number of carbonyl (C=O) groups excluding carboxylic acids is 2. The Morgan fingerprint density at radius 1 is 0.425 bits per heavy atom. The molecule has 2 amide bonds. The minimum atomic E-state index is -2.12. The zero-order valence-corrected chi connectivity index (χ0v) is 24.3. The van der Waals surface area contributed by atoms with Crippen LogP contribution in [0.1, 0.15) is 72.1 Å². The Balaban J connectivity index is 1.09. The summed E-state index contributed by atoms with van der Waals surface area (Å²) in [5, 5.41) is 4.47. The number of rotatable bonds is 14. The molecule has 1 heterocycles. The molecule has 5 rings (SSSR count). The van der Waals surface area contributed by atoms with Crippen LogP contribution in [0.5, 0.6) is 0 Å². The first-order chi connectivity index (χ1) is 19.7. The van der Waals surface area contributed by atoms with Crippen molar-refractivity contribution in [3.05, 3.63) is 126 Å². The van der Waals surface area contributed by atoms with E-state index in [1.54, 1.807) is 12.1 Å². The third kappa shape index (κ3) is 6.11. The first kappa shape index (κ1) is 28.0. The molecule has 4 aromatic rings. The fourth-order valence-electron chi connectivity index (χ4n) is 6.26. The molecule has 0 unspecified atom stereocenters. The van der Waals surface area contributed by atoms with Crippen molar-refractivity contribution in [3.8, 4) is 0 Å². The van der Waals surface area contributed by atoms with Gasteiger partial charge in [0.25, 0.3) is 0 Å². The van der Waals surface area contributed by atoms with Crippen molar-refractivity contribution >= 4 is 35.0 Å². The average molecular weight is 550 g/mol. The Bertz CT molecular complexity index is 1260. The monoisotopic (exact) mass is 549 g/mol. The number of nitrogens with zero attached hydrogens (tertiary/aromatic N) is 1. The summed E-state index contributed by atoms with van der Waals surface area (Å²) in [6, 6.07) is 40.7. The first-order valence-electron chi connectivity index (χ1n) is 14.8. The van der Waals surface area contributed by atoms with Crippen LogP contribution >= 0.6 is 7.26 Å². The Morgan fingerprint density at radius 2 is 0.775 bits per heavy atom. The molecule has 0 radical (unpaired) electrons. The summed E-state index contributed by atoms with van der Waals surface area (Å²) in [5.74, 6) is -0.275. The van der Waals surface area contributed by atoms with E-state index in [-0.39, 0.29) is 11.8 Å². The quantitative estimate of drug-likeness (QED) is 0.0953. The summed E-state index contributed by atoms with van der Waals surface area (Å²) < 4.78 is 0. The van der Waals surface area contributed by atoms with Gasteiger partial charge in [-0.25, -0.2) is 0 Å². The van der Waals surface area contributed by atoms with Crippen molar-refractivity contribution in [2.75, 3.05) is 12.7 Å². The van der Waals surface area contributed by atoms with Gasteiger partial charge in [-0.1, -0.05) is 12.1 Å². The summed E-state index contributed by atoms with van der Waals surface area (Å²) in [6.45, 7) is 0.525. The van der Waals surface area contributed by atoms with Crippen LogP contribution in [-0.4, -0.2) is 29.4 Å². The second-order valence-electron chi connectivity index (χ2n) is 10.9. The third-order valence-corrected chi connectivity index (χ3v) is 13.4. The Morgan fingerprint density at radius 3 is 1.20 bits per heavy atom. The van der Waals surface area contributed by atoms with Crippen LogP contribution in [0.4, 0.5) is 0 Å². The maximum absolute atomic E-state index is 12.5. The number of unbranched alkanes of at least 4 members (excludes halogenated alkanes) is 7. The average Bonchev–Trinajstić information content (AvgIpc) is 3.26. The first-order valence-corrected chi connectivity index (χ1v) is 17.0. The Hall–Kier alpha value is -3.55. The van der Waals surface area contributed by atoms with Crippen LogP contribution in [0.2, 0.25) is 0 Å². The predicted molar refractivity (Wildman–Crippen MR) is 170 cm³/mol. The normalized spacial score (nSPS) is 13.4. The van der Waals surface area contributed by atoms with E-state index in [2.05, 4.69) is 91.0 Å². The van der Waals surface area contributed by atoms with E-state index in [1.807, 2.05) is 12.1 Å². The van der Waals surface area contributed by atoms with Crippen molar-refractivity contribution in [2.45, 2.75) is 51.4 Å². The molecule has 0 N–H and O–H groups in total. The fraction of sp³-hybridized carbons (Fsp3) is 0.278. The molecule has 0 atom stereocenters. The molecule has 0 fully saturated rings. The molecular weight excluding hydrogens is 509 g/mol. The molecule has 0 aromatic heterocycles. The molecule has 0 bridgehead atoms. The van der Waals surface area contributed by atoms with Crippen LogP contribution in [-0.2, 0) is 0 Å². The molecule has 4 aromatic carbocycles. The molecule has 0 saturated heterocycles. The Labute approximate surface area is 239 Å². The minimum absolute atomic E-state index is 0.137. The van der Waals surface area contributed by atoms with E-state index in [4.69, 9.17) is 0 Å². The van der Waals surface area contributed by atoms with Crippen molar-refractivity contribution in [2.24, 2.45) is 0 Å². The van der Waals surface area contributed by atoms with E-state index in [0.717, 1.165) is 19.3 Å². The molecule has 0 saturated carbocycles. The summed E-state index contributed by atoms with van der Waals surface area (Å²) in [6.07, 6.45) is 10.5. The molecular formula is C36H40NO2P. The number of fused-ring (bicyclic) bond motifs is 1. The molecule has 1 aliphatic heterocycles. The number of benzene rings is 4. The van der Waals surface area contributed by atoms with Gasteiger partial charge in [0, 0.05) is 0 Å². The van der Waals surface area contributed by atoms with Crippen LogP contribution in [0.15, 0.2) is 115 Å². The maximum atomic E-state index is 12.5. The van der Waals surface area contributed by atoms with Gasteiger partial charge in [-0.3, -0.25) is 9.59 Å². The molecule has 0 spiro atoms. The number of imide groups is 1. The van der Waals surface area contributed by atoms with Gasteiger partial charge in [0.1, 0.15) is 0 Å². The topological polar surface area (TPSA) is 37.4 Å². The standard InChI is InChI=1S/C36H40NO2P/c38-35-33-26-16-17-27-34(33)36(39)37(35)28-18-5-3-1-2-4-6-19-29-40(30-20-10-7-11-21-30,31-22-12-8-13-23-31)32-24-14-9-15-25-32/h7-17,20-27,40H,1-6,18-19,28-29H2. The van der Waals surface area contributed by atoms with Crippen molar-refractivity contribution in [1.29, 1.82) is 0 Å². The van der Waals surface area contributed by atoms with Gasteiger partial charge in [-0.15, -0.1) is 0 Å². The van der Waals surface area contributed by atoms with Crippen molar-refractivity contribution in [1.82, 2.24) is 4.90 Å². The molecule has 4 heteroatoms. The van der Waals surface area contributed by atoms with Crippen LogP contribution in [0.3, 0.4) is 0 Å².